The molecule has 0 saturated heterocycles. The van der Waals surface area contributed by atoms with Crippen LogP contribution >= 0.6 is 0 Å². The van der Waals surface area contributed by atoms with E-state index in [0.717, 1.165) is 29.0 Å². The maximum absolute atomic E-state index is 5.14. The molecule has 0 amide bonds. The Morgan fingerprint density at radius 1 is 1.24 bits per heavy atom. The van der Waals surface area contributed by atoms with Crippen molar-refractivity contribution in [3.8, 4) is 5.75 Å². The lowest BCUT2D eigenvalue weighted by atomic mass is 9.99. The van der Waals surface area contributed by atoms with Crippen molar-refractivity contribution in [3.63, 3.8) is 0 Å². The molecule has 0 atom stereocenters. The largest absolute Gasteiger partial charge is 0.497 e. The fourth-order valence-electron chi connectivity index (χ4n) is 1.66. The summed E-state index contributed by atoms with van der Waals surface area (Å²) < 4.78 is 5.14. The van der Waals surface area contributed by atoms with E-state index in [4.69, 9.17) is 4.74 Å². The Hall–Kier alpha value is -2.00. The number of methoxy groups -OCH3 is 1. The van der Waals surface area contributed by atoms with Crippen LogP contribution in [0.1, 0.15) is 5.56 Å². The summed E-state index contributed by atoms with van der Waals surface area (Å²) in [5.74, 6) is 0.854. The average molecular weight is 228 g/mol. The molecule has 0 aliphatic carbocycles. The Morgan fingerprint density at radius 3 is 2.71 bits per heavy atom. The number of rotatable bonds is 2. The van der Waals surface area contributed by atoms with E-state index >= 15 is 0 Å². The fourth-order valence-corrected chi connectivity index (χ4v) is 1.66. The zero-order valence-corrected chi connectivity index (χ0v) is 9.86. The maximum atomic E-state index is 5.14. The molecule has 3 heteroatoms. The number of benzene rings is 1. The van der Waals surface area contributed by atoms with Crippen LogP contribution in [-0.2, 0) is 0 Å². The Labute approximate surface area is 101 Å². The van der Waals surface area contributed by atoms with Crippen molar-refractivity contribution in [2.75, 3.05) is 13.7 Å². The van der Waals surface area contributed by atoms with Crippen LogP contribution < -0.4 is 15.6 Å². The summed E-state index contributed by atoms with van der Waals surface area (Å²) in [7, 11) is 1.66. The lowest BCUT2D eigenvalue weighted by molar-refractivity contribution is 0.415. The predicted molar refractivity (Wildman–Crippen MR) is 70.4 cm³/mol. The van der Waals surface area contributed by atoms with Crippen LogP contribution in [-0.4, -0.2) is 13.7 Å². The van der Waals surface area contributed by atoms with Crippen molar-refractivity contribution in [3.05, 3.63) is 60.3 Å². The number of nitrogens with one attached hydrogen (secondary N) is 2. The van der Waals surface area contributed by atoms with Crippen molar-refractivity contribution < 1.29 is 4.74 Å². The highest BCUT2D eigenvalue weighted by Crippen LogP contribution is 2.24. The van der Waals surface area contributed by atoms with Crippen LogP contribution in [0.2, 0.25) is 0 Å². The van der Waals surface area contributed by atoms with Gasteiger partial charge in [-0.3, -0.25) is 0 Å². The van der Waals surface area contributed by atoms with Crippen molar-refractivity contribution >= 4 is 5.57 Å². The first-order chi connectivity index (χ1) is 8.31. The Kier molecular flexibility index (Phi) is 3.62. The van der Waals surface area contributed by atoms with Crippen LogP contribution in [0.25, 0.3) is 5.57 Å². The lowest BCUT2D eigenvalue weighted by Gasteiger charge is -2.13. The van der Waals surface area contributed by atoms with E-state index in [1.165, 1.54) is 0 Å². The van der Waals surface area contributed by atoms with Gasteiger partial charge in [-0.25, -0.2) is 5.43 Å². The van der Waals surface area contributed by atoms with Gasteiger partial charge in [-0.05, 0) is 23.3 Å². The van der Waals surface area contributed by atoms with Gasteiger partial charge < -0.3 is 10.2 Å². The quantitative estimate of drug-likeness (QED) is 0.814. The van der Waals surface area contributed by atoms with E-state index in [1.807, 2.05) is 42.6 Å². The van der Waals surface area contributed by atoms with E-state index in [-0.39, 0.29) is 0 Å². The highest BCUT2D eigenvalue weighted by Gasteiger charge is 2.05. The third-order valence-corrected chi connectivity index (χ3v) is 2.60. The van der Waals surface area contributed by atoms with Gasteiger partial charge in [-0.2, -0.15) is 0 Å². The minimum absolute atomic E-state index is 0.783. The van der Waals surface area contributed by atoms with Gasteiger partial charge in [0.2, 0.25) is 0 Å². The Bertz CT molecular complexity index is 458. The SMILES string of the molecule is C=C1/C=C\CNN/C=C\1c1ccc(OC)cc1. The van der Waals surface area contributed by atoms with Gasteiger partial charge in [0, 0.05) is 18.3 Å². The molecular formula is C14H16N2O. The maximum Gasteiger partial charge on any atom is 0.118 e. The molecule has 0 saturated carbocycles. The molecule has 3 nitrogen and oxygen atoms in total. The second-order valence-corrected chi connectivity index (χ2v) is 3.74. The van der Waals surface area contributed by atoms with E-state index < -0.39 is 0 Å². The molecule has 1 aromatic carbocycles. The normalized spacial score (nSPS) is 20.5. The van der Waals surface area contributed by atoms with Crippen molar-refractivity contribution in [1.29, 1.82) is 0 Å². The first kappa shape index (κ1) is 11.5. The van der Waals surface area contributed by atoms with E-state index in [9.17, 15) is 0 Å². The summed E-state index contributed by atoms with van der Waals surface area (Å²) >= 11 is 0. The number of hydrazine groups is 1. The number of hydrogen-bond donors (Lipinski definition) is 2. The fraction of sp³-hybridized carbons (Fsp3) is 0.143. The molecule has 0 radical (unpaired) electrons. The predicted octanol–water partition coefficient (Wildman–Crippen LogP) is 2.26. The minimum Gasteiger partial charge on any atom is -0.497 e. The molecule has 2 rings (SSSR count). The first-order valence-corrected chi connectivity index (χ1v) is 5.50. The van der Waals surface area contributed by atoms with Crippen molar-refractivity contribution in [2.24, 2.45) is 0 Å². The molecule has 17 heavy (non-hydrogen) atoms. The third kappa shape index (κ3) is 2.77. The summed E-state index contributed by atoms with van der Waals surface area (Å²) in [6, 6.07) is 7.93. The highest BCUT2D eigenvalue weighted by atomic mass is 16.5. The standard InChI is InChI=1S/C14H16N2O/c1-11-4-3-9-15-16-10-14(11)12-5-7-13(17-2)8-6-12/h3-8,10,15-16H,1,9H2,2H3/b4-3-,14-10+. The van der Waals surface area contributed by atoms with Crippen LogP contribution in [0.4, 0.5) is 0 Å². The second-order valence-electron chi connectivity index (χ2n) is 3.74. The molecule has 0 aromatic heterocycles. The molecule has 1 aromatic rings. The second kappa shape index (κ2) is 5.37. The molecule has 0 unspecified atom stereocenters. The molecule has 1 aliphatic rings. The summed E-state index contributed by atoms with van der Waals surface area (Å²) in [5, 5.41) is 0. The number of ether oxygens (including phenoxy) is 1. The molecule has 0 spiro atoms. The van der Waals surface area contributed by atoms with Gasteiger partial charge in [0.1, 0.15) is 5.75 Å². The highest BCUT2D eigenvalue weighted by molar-refractivity contribution is 5.81. The number of hydrogen-bond acceptors (Lipinski definition) is 3. The van der Waals surface area contributed by atoms with E-state index in [0.29, 0.717) is 0 Å². The minimum atomic E-state index is 0.783. The zero-order valence-electron chi connectivity index (χ0n) is 9.86. The smallest absolute Gasteiger partial charge is 0.118 e. The van der Waals surface area contributed by atoms with Gasteiger partial charge >= 0.3 is 0 Å². The molecule has 88 valence electrons. The Morgan fingerprint density at radius 2 is 2.00 bits per heavy atom. The molecule has 1 heterocycles. The molecule has 2 N–H and O–H groups in total. The van der Waals surface area contributed by atoms with Crippen LogP contribution in [0, 0.1) is 0 Å². The number of allylic oxidation sites excluding steroid dienone is 3. The third-order valence-electron chi connectivity index (χ3n) is 2.60. The van der Waals surface area contributed by atoms with Crippen LogP contribution in [0.15, 0.2) is 54.8 Å². The van der Waals surface area contributed by atoms with Crippen molar-refractivity contribution in [1.82, 2.24) is 10.9 Å². The lowest BCUT2D eigenvalue weighted by Crippen LogP contribution is -2.27. The van der Waals surface area contributed by atoms with Gasteiger partial charge in [-0.1, -0.05) is 30.9 Å². The monoisotopic (exact) mass is 228 g/mol. The topological polar surface area (TPSA) is 33.3 Å². The van der Waals surface area contributed by atoms with Gasteiger partial charge in [0.25, 0.3) is 0 Å². The first-order valence-electron chi connectivity index (χ1n) is 5.50. The van der Waals surface area contributed by atoms with Crippen LogP contribution in [0.3, 0.4) is 0 Å². The molecule has 0 bridgehead atoms. The molecule has 0 fully saturated rings. The van der Waals surface area contributed by atoms with E-state index in [1.54, 1.807) is 7.11 Å². The van der Waals surface area contributed by atoms with Crippen molar-refractivity contribution in [2.45, 2.75) is 0 Å². The zero-order chi connectivity index (χ0) is 12.1. The summed E-state index contributed by atoms with van der Waals surface area (Å²) in [6.07, 6.45) is 5.98. The molecular weight excluding hydrogens is 212 g/mol. The van der Waals surface area contributed by atoms with Gasteiger partial charge in [0.15, 0.2) is 0 Å². The van der Waals surface area contributed by atoms with Gasteiger partial charge in [-0.15, -0.1) is 0 Å². The van der Waals surface area contributed by atoms with Crippen LogP contribution in [0.5, 0.6) is 5.75 Å². The summed E-state index contributed by atoms with van der Waals surface area (Å²) in [4.78, 5) is 0. The van der Waals surface area contributed by atoms with Gasteiger partial charge in [0.05, 0.1) is 7.11 Å². The summed E-state index contributed by atoms with van der Waals surface area (Å²) in [5.41, 5.74) is 9.25. The molecule has 1 aliphatic heterocycles. The van der Waals surface area contributed by atoms with E-state index in [2.05, 4.69) is 17.4 Å². The average Bonchev–Trinajstić information content (AvgIpc) is 2.35. The Balaban J connectivity index is 2.29. The summed E-state index contributed by atoms with van der Waals surface area (Å²) in [6.45, 7) is 4.85.